The molecule has 0 saturated carbocycles. The summed E-state index contributed by atoms with van der Waals surface area (Å²) >= 11 is 0. The van der Waals surface area contributed by atoms with Gasteiger partial charge in [0.2, 0.25) is 5.91 Å². The molecular weight excluding hydrogens is 424 g/mol. The zero-order valence-electron chi connectivity index (χ0n) is 18.7. The van der Waals surface area contributed by atoms with Gasteiger partial charge in [-0.3, -0.25) is 9.59 Å². The van der Waals surface area contributed by atoms with Crippen LogP contribution in [0.25, 0.3) is 11.0 Å². The van der Waals surface area contributed by atoms with E-state index in [0.717, 1.165) is 10.9 Å². The van der Waals surface area contributed by atoms with Crippen LogP contribution in [0, 0.1) is 6.92 Å². The summed E-state index contributed by atoms with van der Waals surface area (Å²) in [5.74, 6) is 0.233. The fourth-order valence-corrected chi connectivity index (χ4v) is 4.16. The van der Waals surface area contributed by atoms with Crippen LogP contribution in [0.15, 0.2) is 51.7 Å². The van der Waals surface area contributed by atoms with Crippen LogP contribution in [0.1, 0.15) is 27.9 Å². The van der Waals surface area contributed by atoms with E-state index in [2.05, 4.69) is 0 Å². The zero-order valence-corrected chi connectivity index (χ0v) is 18.7. The second-order valence-electron chi connectivity index (χ2n) is 8.05. The van der Waals surface area contributed by atoms with Gasteiger partial charge in [0.15, 0.2) is 0 Å². The van der Waals surface area contributed by atoms with Crippen molar-refractivity contribution in [1.82, 2.24) is 9.80 Å². The molecule has 0 spiro atoms. The Morgan fingerprint density at radius 1 is 1.06 bits per heavy atom. The molecule has 1 saturated heterocycles. The molecule has 2 heterocycles. The molecule has 0 unspecified atom stereocenters. The van der Waals surface area contributed by atoms with Gasteiger partial charge in [0.25, 0.3) is 5.91 Å². The second-order valence-corrected chi connectivity index (χ2v) is 8.05. The van der Waals surface area contributed by atoms with Crippen molar-refractivity contribution in [3.05, 3.63) is 69.6 Å². The van der Waals surface area contributed by atoms with Gasteiger partial charge in [-0.15, -0.1) is 0 Å². The van der Waals surface area contributed by atoms with Crippen molar-refractivity contribution in [1.29, 1.82) is 0 Å². The molecule has 0 radical (unpaired) electrons. The van der Waals surface area contributed by atoms with Crippen LogP contribution >= 0.6 is 0 Å². The quantitative estimate of drug-likeness (QED) is 0.600. The predicted octanol–water partition coefficient (Wildman–Crippen LogP) is 2.73. The fourth-order valence-electron chi connectivity index (χ4n) is 4.16. The van der Waals surface area contributed by atoms with Crippen molar-refractivity contribution in [2.24, 2.45) is 0 Å². The minimum atomic E-state index is -0.445. The number of benzene rings is 2. The van der Waals surface area contributed by atoms with Gasteiger partial charge in [-0.05, 0) is 43.2 Å². The Labute approximate surface area is 191 Å². The first-order chi connectivity index (χ1) is 15.9. The molecule has 0 atom stereocenters. The highest BCUT2D eigenvalue weighted by Crippen LogP contribution is 2.25. The summed E-state index contributed by atoms with van der Waals surface area (Å²) in [5.41, 5.74) is 1.56. The minimum absolute atomic E-state index is 0.0518. The van der Waals surface area contributed by atoms with Gasteiger partial charge < -0.3 is 24.1 Å². The molecule has 1 N–H and O–H groups in total. The number of aromatic hydroxyl groups is 1. The number of phenols is 1. The number of rotatable bonds is 5. The molecule has 2 amide bonds. The van der Waals surface area contributed by atoms with Crippen LogP contribution < -0.4 is 10.4 Å². The number of nitrogens with zero attached hydrogens (tertiary/aromatic N) is 2. The van der Waals surface area contributed by atoms with E-state index in [0.29, 0.717) is 43.1 Å². The number of hydrogen-bond acceptors (Lipinski definition) is 6. The fraction of sp³-hybridized carbons (Fsp3) is 0.320. The van der Waals surface area contributed by atoms with Crippen molar-refractivity contribution in [2.45, 2.75) is 19.8 Å². The molecule has 4 rings (SSSR count). The number of methoxy groups -OCH3 is 1. The number of para-hydroxylation sites is 1. The molecule has 0 aliphatic carbocycles. The Balaban J connectivity index is 1.38. The van der Waals surface area contributed by atoms with E-state index in [-0.39, 0.29) is 36.0 Å². The molecule has 1 aliphatic rings. The summed E-state index contributed by atoms with van der Waals surface area (Å²) in [5, 5.41) is 10.7. The van der Waals surface area contributed by atoms with Gasteiger partial charge in [-0.25, -0.2) is 4.79 Å². The molecule has 0 bridgehead atoms. The monoisotopic (exact) mass is 450 g/mol. The Morgan fingerprint density at radius 2 is 1.76 bits per heavy atom. The first kappa shape index (κ1) is 22.4. The highest BCUT2D eigenvalue weighted by atomic mass is 16.5. The summed E-state index contributed by atoms with van der Waals surface area (Å²) in [6, 6.07) is 11.8. The number of aryl methyl sites for hydroxylation is 1. The summed E-state index contributed by atoms with van der Waals surface area (Å²) in [6.07, 6.45) is 0.465. The lowest BCUT2D eigenvalue weighted by Gasteiger charge is -2.35. The number of amides is 2. The highest BCUT2D eigenvalue weighted by molar-refractivity contribution is 5.97. The highest BCUT2D eigenvalue weighted by Gasteiger charge is 2.26. The third kappa shape index (κ3) is 4.55. The van der Waals surface area contributed by atoms with E-state index in [4.69, 9.17) is 9.15 Å². The smallest absolute Gasteiger partial charge is 0.339 e. The number of carbonyl (C=O) groups excluding carboxylic acids is 2. The van der Waals surface area contributed by atoms with Crippen LogP contribution in [-0.4, -0.2) is 60.0 Å². The molecule has 1 aromatic heterocycles. The maximum Gasteiger partial charge on any atom is 0.339 e. The molecule has 1 aliphatic heterocycles. The Morgan fingerprint density at radius 3 is 2.45 bits per heavy atom. The van der Waals surface area contributed by atoms with Crippen molar-refractivity contribution in [2.75, 3.05) is 33.3 Å². The molecule has 3 aromatic rings. The van der Waals surface area contributed by atoms with E-state index in [1.165, 1.54) is 6.07 Å². The molecule has 8 heteroatoms. The summed E-state index contributed by atoms with van der Waals surface area (Å²) in [4.78, 5) is 41.3. The molecule has 1 fully saturated rings. The lowest BCUT2D eigenvalue weighted by atomic mass is 10.0. The summed E-state index contributed by atoms with van der Waals surface area (Å²) < 4.78 is 10.6. The molecule has 33 heavy (non-hydrogen) atoms. The van der Waals surface area contributed by atoms with Gasteiger partial charge >= 0.3 is 5.63 Å². The van der Waals surface area contributed by atoms with E-state index < -0.39 is 5.63 Å². The SMILES string of the molecule is COc1ccc2c(C)c(CCC(=O)N3CCN(C(=O)c4ccccc4O)CC3)c(=O)oc2c1. The van der Waals surface area contributed by atoms with Crippen LogP contribution in [0.3, 0.4) is 0 Å². The normalized spacial score (nSPS) is 13.9. The van der Waals surface area contributed by atoms with Gasteiger partial charge in [0.1, 0.15) is 17.1 Å². The van der Waals surface area contributed by atoms with Crippen molar-refractivity contribution in [3.63, 3.8) is 0 Å². The van der Waals surface area contributed by atoms with Crippen LogP contribution in [0.2, 0.25) is 0 Å². The van der Waals surface area contributed by atoms with Gasteiger partial charge in [-0.1, -0.05) is 12.1 Å². The Hall–Kier alpha value is -3.81. The first-order valence-electron chi connectivity index (χ1n) is 10.8. The summed E-state index contributed by atoms with van der Waals surface area (Å²) in [7, 11) is 1.55. The molecule has 2 aromatic carbocycles. The number of carbonyl (C=O) groups is 2. The maximum absolute atomic E-state index is 12.8. The number of fused-ring (bicyclic) bond motifs is 1. The van der Waals surface area contributed by atoms with Gasteiger partial charge in [0.05, 0.1) is 12.7 Å². The van der Waals surface area contributed by atoms with Crippen LogP contribution in [-0.2, 0) is 11.2 Å². The number of phenolic OH excluding ortho intramolecular Hbond substituents is 1. The topological polar surface area (TPSA) is 100 Å². The Bertz CT molecular complexity index is 1260. The molecule has 172 valence electrons. The van der Waals surface area contributed by atoms with E-state index in [9.17, 15) is 19.5 Å². The van der Waals surface area contributed by atoms with E-state index in [1.807, 2.05) is 13.0 Å². The minimum Gasteiger partial charge on any atom is -0.507 e. The predicted molar refractivity (Wildman–Crippen MR) is 123 cm³/mol. The lowest BCUT2D eigenvalue weighted by molar-refractivity contribution is -0.132. The van der Waals surface area contributed by atoms with E-state index >= 15 is 0 Å². The Kier molecular flexibility index (Phi) is 6.35. The van der Waals surface area contributed by atoms with Crippen molar-refractivity contribution < 1.29 is 23.8 Å². The number of ether oxygens (including phenoxy) is 1. The zero-order chi connectivity index (χ0) is 23.5. The summed E-state index contributed by atoms with van der Waals surface area (Å²) in [6.45, 7) is 3.44. The van der Waals surface area contributed by atoms with Crippen LogP contribution in [0.4, 0.5) is 0 Å². The van der Waals surface area contributed by atoms with E-state index in [1.54, 1.807) is 47.2 Å². The lowest BCUT2D eigenvalue weighted by Crippen LogP contribution is -2.50. The third-order valence-corrected chi connectivity index (χ3v) is 6.14. The molecular formula is C25H26N2O6. The molecule has 8 nitrogen and oxygen atoms in total. The third-order valence-electron chi connectivity index (χ3n) is 6.14. The average molecular weight is 450 g/mol. The van der Waals surface area contributed by atoms with Crippen LogP contribution in [0.5, 0.6) is 11.5 Å². The average Bonchev–Trinajstić information content (AvgIpc) is 2.83. The maximum atomic E-state index is 12.8. The second kappa shape index (κ2) is 9.36. The standard InChI is InChI=1S/C25H26N2O6/c1-16-18-8-7-17(32-2)15-22(18)33-25(31)19(16)9-10-23(29)26-11-13-27(14-12-26)24(30)20-5-3-4-6-21(20)28/h3-8,15,28H,9-14H2,1-2H3. The van der Waals surface area contributed by atoms with Crippen molar-refractivity contribution in [3.8, 4) is 11.5 Å². The van der Waals surface area contributed by atoms with Gasteiger partial charge in [0, 0.05) is 49.6 Å². The number of hydrogen-bond donors (Lipinski definition) is 1. The number of piperazine rings is 1. The largest absolute Gasteiger partial charge is 0.507 e. The van der Waals surface area contributed by atoms with Crippen molar-refractivity contribution >= 4 is 22.8 Å². The first-order valence-corrected chi connectivity index (χ1v) is 10.8. The van der Waals surface area contributed by atoms with Gasteiger partial charge in [-0.2, -0.15) is 0 Å².